The van der Waals surface area contributed by atoms with E-state index in [1.807, 2.05) is 18.0 Å². The number of amides is 1. The molecule has 1 unspecified atom stereocenters. The molecule has 1 aliphatic rings. The number of aliphatic carboxylic acids is 1. The van der Waals surface area contributed by atoms with E-state index in [0.29, 0.717) is 18.7 Å². The lowest BCUT2D eigenvalue weighted by Gasteiger charge is -2.25. The molecule has 6 nitrogen and oxygen atoms in total. The molecule has 0 aliphatic carbocycles. The molecular weight excluding hydrogens is 337 g/mol. The van der Waals surface area contributed by atoms with Crippen LogP contribution in [0.4, 0.5) is 4.39 Å². The summed E-state index contributed by atoms with van der Waals surface area (Å²) in [7, 11) is 1.84. The third-order valence-corrected chi connectivity index (χ3v) is 4.89. The Kier molecular flexibility index (Phi) is 7.53. The van der Waals surface area contributed by atoms with Crippen LogP contribution in [0.1, 0.15) is 30.4 Å². The Morgan fingerprint density at radius 2 is 2.12 bits per heavy atom. The number of nitrogens with zero attached hydrogens (tertiary/aromatic N) is 2. The predicted molar refractivity (Wildman–Crippen MR) is 97.3 cm³/mol. The number of nitrogens with one attached hydrogen (secondary N) is 1. The van der Waals surface area contributed by atoms with E-state index in [1.165, 1.54) is 6.07 Å². The zero-order chi connectivity index (χ0) is 19.1. The zero-order valence-electron chi connectivity index (χ0n) is 15.5. The van der Waals surface area contributed by atoms with Gasteiger partial charge in [0.25, 0.3) is 0 Å². The second-order valence-corrected chi connectivity index (χ2v) is 7.03. The molecule has 144 valence electrons. The molecule has 26 heavy (non-hydrogen) atoms. The number of carboxylic acids is 1. The first-order valence-electron chi connectivity index (χ1n) is 9.01. The van der Waals surface area contributed by atoms with Crippen molar-refractivity contribution in [3.8, 4) is 0 Å². The molecule has 0 spiro atoms. The van der Waals surface area contributed by atoms with Gasteiger partial charge in [-0.05, 0) is 57.0 Å². The Hall–Kier alpha value is -1.99. The van der Waals surface area contributed by atoms with Crippen LogP contribution < -0.4 is 5.32 Å². The van der Waals surface area contributed by atoms with Crippen LogP contribution in [0.25, 0.3) is 0 Å². The molecule has 1 saturated heterocycles. The van der Waals surface area contributed by atoms with E-state index >= 15 is 0 Å². The van der Waals surface area contributed by atoms with Gasteiger partial charge in [0.2, 0.25) is 5.91 Å². The number of aryl methyl sites for hydroxylation is 1. The van der Waals surface area contributed by atoms with Crippen LogP contribution in [0.15, 0.2) is 18.2 Å². The Bertz CT molecular complexity index is 638. The molecule has 1 heterocycles. The molecule has 2 N–H and O–H groups in total. The summed E-state index contributed by atoms with van der Waals surface area (Å²) in [5.74, 6) is -1.16. The number of carboxylic acid groups (broad SMARTS) is 1. The van der Waals surface area contributed by atoms with E-state index in [1.54, 1.807) is 13.0 Å². The lowest BCUT2D eigenvalue weighted by Crippen LogP contribution is -2.39. The first-order chi connectivity index (χ1) is 12.3. The van der Waals surface area contributed by atoms with Crippen molar-refractivity contribution in [2.24, 2.45) is 0 Å². The van der Waals surface area contributed by atoms with Gasteiger partial charge < -0.3 is 10.4 Å². The van der Waals surface area contributed by atoms with Crippen molar-refractivity contribution in [2.45, 2.75) is 38.8 Å². The number of carbonyl (C=O) groups is 2. The van der Waals surface area contributed by atoms with Gasteiger partial charge in [-0.3, -0.25) is 19.4 Å². The first-order valence-corrected chi connectivity index (χ1v) is 9.01. The van der Waals surface area contributed by atoms with Crippen molar-refractivity contribution in [1.29, 1.82) is 0 Å². The van der Waals surface area contributed by atoms with E-state index in [0.717, 1.165) is 37.9 Å². The number of benzene rings is 1. The number of rotatable bonds is 7. The quantitative estimate of drug-likeness (QED) is 0.768. The smallest absolute Gasteiger partial charge is 0.317 e. The molecule has 7 heteroatoms. The van der Waals surface area contributed by atoms with Crippen LogP contribution in [0.3, 0.4) is 0 Å². The van der Waals surface area contributed by atoms with E-state index in [2.05, 4.69) is 10.2 Å². The highest BCUT2D eigenvalue weighted by Crippen LogP contribution is 2.15. The van der Waals surface area contributed by atoms with Gasteiger partial charge in [0.05, 0.1) is 13.1 Å². The summed E-state index contributed by atoms with van der Waals surface area (Å²) in [6.07, 6.45) is 2.72. The second-order valence-electron chi connectivity index (χ2n) is 7.03. The Balaban J connectivity index is 1.76. The zero-order valence-corrected chi connectivity index (χ0v) is 15.5. The molecule has 1 aromatic carbocycles. The number of hydrogen-bond donors (Lipinski definition) is 2. The summed E-state index contributed by atoms with van der Waals surface area (Å²) >= 11 is 0. The molecule has 1 aliphatic heterocycles. The maximum atomic E-state index is 13.5. The average Bonchev–Trinajstić information content (AvgIpc) is 2.81. The topological polar surface area (TPSA) is 72.9 Å². The van der Waals surface area contributed by atoms with Crippen molar-refractivity contribution in [2.75, 3.05) is 33.2 Å². The van der Waals surface area contributed by atoms with Gasteiger partial charge in [0, 0.05) is 19.1 Å². The van der Waals surface area contributed by atoms with Crippen molar-refractivity contribution in [3.05, 3.63) is 35.1 Å². The number of likely N-dealkylation sites (N-methyl/N-ethyl adjacent to an activating group) is 1. The number of carbonyl (C=O) groups excluding carboxylic acids is 1. The molecule has 1 aromatic rings. The Morgan fingerprint density at radius 3 is 2.81 bits per heavy atom. The molecule has 1 amide bonds. The van der Waals surface area contributed by atoms with Crippen LogP contribution in [0.2, 0.25) is 0 Å². The summed E-state index contributed by atoms with van der Waals surface area (Å²) in [5, 5.41) is 11.8. The van der Waals surface area contributed by atoms with Crippen LogP contribution in [-0.4, -0.2) is 66.1 Å². The fourth-order valence-electron chi connectivity index (χ4n) is 3.29. The highest BCUT2D eigenvalue weighted by atomic mass is 19.1. The van der Waals surface area contributed by atoms with Crippen LogP contribution >= 0.6 is 0 Å². The van der Waals surface area contributed by atoms with Crippen molar-refractivity contribution >= 4 is 11.9 Å². The number of likely N-dealkylation sites (tertiary alicyclic amines) is 1. The third kappa shape index (κ3) is 6.38. The predicted octanol–water partition coefficient (Wildman–Crippen LogP) is 1.62. The van der Waals surface area contributed by atoms with Gasteiger partial charge in [0.15, 0.2) is 0 Å². The summed E-state index contributed by atoms with van der Waals surface area (Å²) < 4.78 is 13.5. The lowest BCUT2D eigenvalue weighted by atomic mass is 10.1. The SMILES string of the molecule is Cc1ccc(CNC(=O)CN2CCCC(N(C)CC(=O)O)CC2)cc1F. The van der Waals surface area contributed by atoms with E-state index in [4.69, 9.17) is 5.11 Å². The van der Waals surface area contributed by atoms with Gasteiger partial charge in [-0.1, -0.05) is 12.1 Å². The van der Waals surface area contributed by atoms with Crippen LogP contribution in [0, 0.1) is 12.7 Å². The molecule has 1 fully saturated rings. The van der Waals surface area contributed by atoms with E-state index in [9.17, 15) is 14.0 Å². The summed E-state index contributed by atoms with van der Waals surface area (Å²) in [6.45, 7) is 3.96. The molecule has 0 aromatic heterocycles. The second kappa shape index (κ2) is 9.64. The lowest BCUT2D eigenvalue weighted by molar-refractivity contribution is -0.138. The monoisotopic (exact) mass is 365 g/mol. The highest BCUT2D eigenvalue weighted by molar-refractivity contribution is 5.78. The normalized spacial score (nSPS) is 18.5. The van der Waals surface area contributed by atoms with Crippen molar-refractivity contribution in [3.63, 3.8) is 0 Å². The van der Waals surface area contributed by atoms with E-state index in [-0.39, 0.29) is 24.3 Å². The third-order valence-electron chi connectivity index (χ3n) is 4.89. The molecule has 0 bridgehead atoms. The standard InChI is InChI=1S/C19H28FN3O3/c1-14-5-6-15(10-17(14)20)11-21-18(24)12-23-8-3-4-16(7-9-23)22(2)13-19(25)26/h5-6,10,16H,3-4,7-9,11-13H2,1-2H3,(H,21,24)(H,25,26). The largest absolute Gasteiger partial charge is 0.480 e. The fourth-order valence-corrected chi connectivity index (χ4v) is 3.29. The van der Waals surface area contributed by atoms with Gasteiger partial charge in [-0.2, -0.15) is 0 Å². The van der Waals surface area contributed by atoms with Crippen LogP contribution in [0.5, 0.6) is 0 Å². The maximum absolute atomic E-state index is 13.5. The number of hydrogen-bond acceptors (Lipinski definition) is 4. The van der Waals surface area contributed by atoms with Crippen LogP contribution in [-0.2, 0) is 16.1 Å². The Morgan fingerprint density at radius 1 is 1.35 bits per heavy atom. The first kappa shape index (κ1) is 20.3. The molecule has 2 rings (SSSR count). The van der Waals surface area contributed by atoms with Gasteiger partial charge in [-0.15, -0.1) is 0 Å². The van der Waals surface area contributed by atoms with Crippen molar-refractivity contribution in [1.82, 2.24) is 15.1 Å². The molecule has 0 saturated carbocycles. The number of halogens is 1. The van der Waals surface area contributed by atoms with Gasteiger partial charge in [-0.25, -0.2) is 4.39 Å². The minimum Gasteiger partial charge on any atom is -0.480 e. The van der Waals surface area contributed by atoms with Gasteiger partial charge >= 0.3 is 5.97 Å². The highest BCUT2D eigenvalue weighted by Gasteiger charge is 2.22. The molecule has 0 radical (unpaired) electrons. The summed E-state index contributed by atoms with van der Waals surface area (Å²) in [5.41, 5.74) is 1.33. The van der Waals surface area contributed by atoms with Crippen molar-refractivity contribution < 1.29 is 19.1 Å². The van der Waals surface area contributed by atoms with Gasteiger partial charge in [0.1, 0.15) is 5.82 Å². The fraction of sp³-hybridized carbons (Fsp3) is 0.579. The Labute approximate surface area is 154 Å². The minimum atomic E-state index is -0.819. The maximum Gasteiger partial charge on any atom is 0.317 e. The average molecular weight is 365 g/mol. The summed E-state index contributed by atoms with van der Waals surface area (Å²) in [6, 6.07) is 5.20. The van der Waals surface area contributed by atoms with E-state index < -0.39 is 5.97 Å². The molecule has 1 atom stereocenters. The minimum absolute atomic E-state index is 0.0399. The molecular formula is C19H28FN3O3. The summed E-state index contributed by atoms with van der Waals surface area (Å²) in [4.78, 5) is 27.0.